The van der Waals surface area contributed by atoms with E-state index in [1.807, 2.05) is 30.3 Å². The summed E-state index contributed by atoms with van der Waals surface area (Å²) in [4.78, 5) is 13.9. The summed E-state index contributed by atoms with van der Waals surface area (Å²) in [5, 5.41) is 43.1. The fraction of sp³-hybridized carbons (Fsp3) is 0.395. The minimum atomic E-state index is -0.923. The standard InChI is InChI=1S/C38H40O6/c1-44-37-20-26(14-16-33(37)40)30-21-29(39)22-34(41)31(12-7-10-25(30)18-24-8-3-2-4-9-24)38-17-6-5-11-28(38)15-13-27-19-35(42)36(43)23-32(27)38/h2-4,8-9,13-16,19-20,23,25,28,30-31,34,40-43H,5-6,11-12,17-18,21-22H2,1H3/t25-,28-,30+,31-,34+,38-/m1/s1. The van der Waals surface area contributed by atoms with Crippen LogP contribution in [0.3, 0.4) is 0 Å². The maximum atomic E-state index is 13.9. The van der Waals surface area contributed by atoms with Crippen LogP contribution in [0.25, 0.3) is 6.08 Å². The summed E-state index contributed by atoms with van der Waals surface area (Å²) in [5.41, 5.74) is 3.23. The fourth-order valence-corrected chi connectivity index (χ4v) is 8.09. The molecule has 6 atom stereocenters. The number of ketones is 1. The van der Waals surface area contributed by atoms with Crippen LogP contribution in [-0.2, 0) is 16.6 Å². The van der Waals surface area contributed by atoms with E-state index in [1.165, 1.54) is 7.11 Å². The second-order valence-corrected chi connectivity index (χ2v) is 12.7. The van der Waals surface area contributed by atoms with Crippen LogP contribution in [0.2, 0.25) is 0 Å². The van der Waals surface area contributed by atoms with Gasteiger partial charge in [-0.1, -0.05) is 67.3 Å². The van der Waals surface area contributed by atoms with Gasteiger partial charge in [0.25, 0.3) is 0 Å². The molecular formula is C38H40O6. The number of allylic oxidation sites excluding steroid dienone is 1. The van der Waals surface area contributed by atoms with Gasteiger partial charge in [-0.25, -0.2) is 0 Å². The number of phenols is 3. The number of benzene rings is 3. The molecule has 3 aliphatic rings. The number of carbonyl (C=O) groups is 1. The number of carbonyl (C=O) groups excluding carboxylic acids is 1. The summed E-state index contributed by atoms with van der Waals surface area (Å²) >= 11 is 0. The van der Waals surface area contributed by atoms with Crippen LogP contribution < -0.4 is 4.74 Å². The van der Waals surface area contributed by atoms with Gasteiger partial charge in [-0.15, -0.1) is 5.92 Å². The fourth-order valence-electron chi connectivity index (χ4n) is 8.09. The zero-order valence-electron chi connectivity index (χ0n) is 25.1. The first kappa shape index (κ1) is 29.8. The highest BCUT2D eigenvalue weighted by Crippen LogP contribution is 2.56. The number of hydrogen-bond acceptors (Lipinski definition) is 6. The molecule has 0 spiro atoms. The summed E-state index contributed by atoms with van der Waals surface area (Å²) in [6, 6.07) is 18.6. The lowest BCUT2D eigenvalue weighted by atomic mass is 9.52. The van der Waals surface area contributed by atoms with Crippen molar-refractivity contribution in [3.8, 4) is 34.8 Å². The van der Waals surface area contributed by atoms with Crippen LogP contribution in [0.15, 0.2) is 66.7 Å². The van der Waals surface area contributed by atoms with E-state index in [0.717, 1.165) is 47.9 Å². The zero-order chi connectivity index (χ0) is 30.8. The molecule has 0 radical (unpaired) electrons. The normalized spacial score (nSPS) is 28.2. The monoisotopic (exact) mass is 592 g/mol. The number of methoxy groups -OCH3 is 1. The molecule has 0 aliphatic heterocycles. The molecule has 6 rings (SSSR count). The molecule has 0 saturated heterocycles. The van der Waals surface area contributed by atoms with E-state index in [-0.39, 0.29) is 59.5 Å². The van der Waals surface area contributed by atoms with Gasteiger partial charge in [-0.05, 0) is 71.7 Å². The average molecular weight is 593 g/mol. The van der Waals surface area contributed by atoms with E-state index in [9.17, 15) is 25.2 Å². The minimum absolute atomic E-state index is 0.00764. The van der Waals surface area contributed by atoms with Crippen molar-refractivity contribution < 1.29 is 30.0 Å². The molecule has 1 fully saturated rings. The van der Waals surface area contributed by atoms with Crippen molar-refractivity contribution in [2.45, 2.75) is 68.8 Å². The predicted molar refractivity (Wildman–Crippen MR) is 170 cm³/mol. The molecule has 0 unspecified atom stereocenters. The second-order valence-electron chi connectivity index (χ2n) is 12.7. The maximum Gasteiger partial charge on any atom is 0.160 e. The van der Waals surface area contributed by atoms with Gasteiger partial charge in [0.1, 0.15) is 5.78 Å². The van der Waals surface area contributed by atoms with E-state index in [4.69, 9.17) is 4.74 Å². The SMILES string of the molecule is COc1cc([C@H]2CC(=O)C[C@H](O)[C@H]([C@@]34CCCC[C@@H]3C=Cc3cc(O)c(O)cc34)CC#C[C@@H]2Cc2ccccc2)ccc1O. The Labute approximate surface area is 259 Å². The molecule has 0 amide bonds. The molecule has 0 heterocycles. The Kier molecular flexibility index (Phi) is 8.42. The number of fused-ring (bicyclic) bond motifs is 3. The van der Waals surface area contributed by atoms with Gasteiger partial charge < -0.3 is 25.2 Å². The Balaban J connectivity index is 1.45. The Hall–Kier alpha value is -4.21. The number of ether oxygens (including phenoxy) is 1. The molecule has 6 nitrogen and oxygen atoms in total. The number of rotatable bonds is 5. The molecular weight excluding hydrogens is 552 g/mol. The van der Waals surface area contributed by atoms with Crippen LogP contribution in [0, 0.1) is 29.6 Å². The number of aromatic hydroxyl groups is 3. The summed E-state index contributed by atoms with van der Waals surface area (Å²) in [7, 11) is 1.51. The van der Waals surface area contributed by atoms with Crippen molar-refractivity contribution in [1.82, 2.24) is 0 Å². The summed E-state index contributed by atoms with van der Waals surface area (Å²) in [6.07, 6.45) is 8.32. The van der Waals surface area contributed by atoms with Crippen LogP contribution in [-0.4, -0.2) is 39.4 Å². The van der Waals surface area contributed by atoms with Crippen molar-refractivity contribution in [3.63, 3.8) is 0 Å². The topological polar surface area (TPSA) is 107 Å². The number of hydrogen-bond donors (Lipinski definition) is 4. The molecule has 228 valence electrons. The molecule has 6 heteroatoms. The first-order valence-corrected chi connectivity index (χ1v) is 15.6. The third kappa shape index (κ3) is 5.57. The van der Waals surface area contributed by atoms with Gasteiger partial charge in [0, 0.05) is 42.4 Å². The number of phenolic OH excluding ortho intramolecular Hbond substituents is 3. The molecule has 3 aliphatic carbocycles. The van der Waals surface area contributed by atoms with Crippen molar-refractivity contribution in [3.05, 3.63) is 89.0 Å². The van der Waals surface area contributed by atoms with Gasteiger partial charge >= 0.3 is 0 Å². The van der Waals surface area contributed by atoms with Crippen molar-refractivity contribution in [2.24, 2.45) is 17.8 Å². The van der Waals surface area contributed by atoms with Crippen LogP contribution >= 0.6 is 0 Å². The average Bonchev–Trinajstić information content (AvgIpc) is 3.02. The molecule has 44 heavy (non-hydrogen) atoms. The quantitative estimate of drug-likeness (QED) is 0.195. The van der Waals surface area contributed by atoms with Crippen LogP contribution in [0.5, 0.6) is 23.0 Å². The van der Waals surface area contributed by atoms with Gasteiger partial charge in [-0.2, -0.15) is 0 Å². The number of aliphatic hydroxyl groups excluding tert-OH is 1. The van der Waals surface area contributed by atoms with Crippen molar-refractivity contribution >= 4 is 11.9 Å². The Morgan fingerprint density at radius 1 is 0.955 bits per heavy atom. The summed E-state index contributed by atoms with van der Waals surface area (Å²) in [5.74, 6) is 6.42. The van der Waals surface area contributed by atoms with Gasteiger partial charge in [-0.3, -0.25) is 4.79 Å². The molecule has 4 N–H and O–H groups in total. The van der Waals surface area contributed by atoms with E-state index < -0.39 is 11.5 Å². The van der Waals surface area contributed by atoms with Crippen LogP contribution in [0.4, 0.5) is 0 Å². The van der Waals surface area contributed by atoms with E-state index >= 15 is 0 Å². The zero-order valence-corrected chi connectivity index (χ0v) is 25.1. The van der Waals surface area contributed by atoms with E-state index in [1.54, 1.807) is 24.3 Å². The maximum absolute atomic E-state index is 13.9. The first-order chi connectivity index (χ1) is 21.3. The first-order valence-electron chi connectivity index (χ1n) is 15.6. The lowest BCUT2D eigenvalue weighted by Crippen LogP contribution is -2.50. The number of aliphatic hydroxyl groups is 1. The Morgan fingerprint density at radius 3 is 2.55 bits per heavy atom. The predicted octanol–water partition coefficient (Wildman–Crippen LogP) is 6.64. The third-order valence-electron chi connectivity index (χ3n) is 10.2. The van der Waals surface area contributed by atoms with Crippen molar-refractivity contribution in [2.75, 3.05) is 7.11 Å². The Bertz CT molecular complexity index is 1620. The highest BCUT2D eigenvalue weighted by molar-refractivity contribution is 5.80. The van der Waals surface area contributed by atoms with Gasteiger partial charge in [0.2, 0.25) is 0 Å². The molecule has 0 aromatic heterocycles. The summed E-state index contributed by atoms with van der Waals surface area (Å²) in [6.45, 7) is 0. The van der Waals surface area contributed by atoms with Gasteiger partial charge in [0.15, 0.2) is 23.0 Å². The third-order valence-corrected chi connectivity index (χ3v) is 10.2. The largest absolute Gasteiger partial charge is 0.504 e. The highest BCUT2D eigenvalue weighted by atomic mass is 16.5. The lowest BCUT2D eigenvalue weighted by molar-refractivity contribution is -0.123. The van der Waals surface area contributed by atoms with E-state index in [0.29, 0.717) is 18.6 Å². The van der Waals surface area contributed by atoms with E-state index in [2.05, 4.69) is 30.0 Å². The number of Topliss-reactive ketones (excluding diaryl/α,β-unsaturated/α-hetero) is 1. The highest BCUT2D eigenvalue weighted by Gasteiger charge is 2.51. The molecule has 0 bridgehead atoms. The van der Waals surface area contributed by atoms with Gasteiger partial charge in [0.05, 0.1) is 13.2 Å². The lowest BCUT2D eigenvalue weighted by Gasteiger charge is -2.52. The second kappa shape index (κ2) is 12.4. The van der Waals surface area contributed by atoms with Crippen molar-refractivity contribution in [1.29, 1.82) is 0 Å². The molecule has 3 aromatic carbocycles. The minimum Gasteiger partial charge on any atom is -0.504 e. The van der Waals surface area contributed by atoms with Crippen LogP contribution in [0.1, 0.15) is 73.1 Å². The molecule has 1 saturated carbocycles. The summed E-state index contributed by atoms with van der Waals surface area (Å²) < 4.78 is 5.40. The Morgan fingerprint density at radius 2 is 1.75 bits per heavy atom. The smallest absolute Gasteiger partial charge is 0.160 e. The molecule has 3 aromatic rings.